The van der Waals surface area contributed by atoms with Gasteiger partial charge >= 0.3 is 0 Å². The molecule has 5 nitrogen and oxygen atoms in total. The number of amides is 1. The minimum absolute atomic E-state index is 0.0888. The first kappa shape index (κ1) is 16.8. The third kappa shape index (κ3) is 4.45. The van der Waals surface area contributed by atoms with Gasteiger partial charge in [0, 0.05) is 50.2 Å². The molecule has 1 aromatic carbocycles. The second-order valence-corrected chi connectivity index (χ2v) is 5.59. The fraction of sp³-hybridized carbons (Fsp3) is 0.333. The normalized spacial score (nSPS) is 11.0. The van der Waals surface area contributed by atoms with Crippen LogP contribution >= 0.6 is 0 Å². The molecule has 0 bridgehead atoms. The van der Waals surface area contributed by atoms with Gasteiger partial charge < -0.3 is 10.2 Å². The van der Waals surface area contributed by atoms with Gasteiger partial charge in [-0.3, -0.25) is 9.48 Å². The average molecular weight is 312 g/mol. The third-order valence-electron chi connectivity index (χ3n) is 3.91. The zero-order valence-corrected chi connectivity index (χ0v) is 14.2. The number of aromatic nitrogens is 2. The lowest BCUT2D eigenvalue weighted by Crippen LogP contribution is -2.31. The van der Waals surface area contributed by atoms with Crippen LogP contribution in [0.25, 0.3) is 6.08 Å². The number of aryl methyl sites for hydroxylation is 2. The molecule has 0 aliphatic carbocycles. The quantitative estimate of drug-likeness (QED) is 0.833. The van der Waals surface area contributed by atoms with Crippen LogP contribution in [0.5, 0.6) is 0 Å². The fourth-order valence-electron chi connectivity index (χ4n) is 2.41. The lowest BCUT2D eigenvalue weighted by atomic mass is 10.2. The lowest BCUT2D eigenvalue weighted by Gasteiger charge is -2.19. The largest absolute Gasteiger partial charge is 0.373 e. The Morgan fingerprint density at radius 2 is 2.00 bits per heavy atom. The van der Waals surface area contributed by atoms with Gasteiger partial charge in [-0.2, -0.15) is 5.10 Å². The van der Waals surface area contributed by atoms with Crippen molar-refractivity contribution in [1.29, 1.82) is 0 Å². The number of anilines is 1. The predicted octanol–water partition coefficient (Wildman–Crippen LogP) is 2.30. The van der Waals surface area contributed by atoms with E-state index in [4.69, 9.17) is 0 Å². The van der Waals surface area contributed by atoms with Crippen molar-refractivity contribution in [1.82, 2.24) is 15.1 Å². The number of benzene rings is 1. The molecule has 0 radical (unpaired) electrons. The van der Waals surface area contributed by atoms with Crippen LogP contribution in [0.4, 0.5) is 5.69 Å². The van der Waals surface area contributed by atoms with E-state index in [2.05, 4.69) is 27.4 Å². The summed E-state index contributed by atoms with van der Waals surface area (Å²) >= 11 is 0. The molecule has 0 spiro atoms. The molecule has 1 aromatic heterocycles. The summed E-state index contributed by atoms with van der Waals surface area (Å²) in [5, 5.41) is 7.24. The predicted molar refractivity (Wildman–Crippen MR) is 94.4 cm³/mol. The van der Waals surface area contributed by atoms with E-state index in [1.54, 1.807) is 6.08 Å². The number of rotatable bonds is 6. The van der Waals surface area contributed by atoms with Gasteiger partial charge in [-0.05, 0) is 32.1 Å². The number of carbonyl (C=O) groups excluding carboxylic acids is 1. The van der Waals surface area contributed by atoms with Crippen LogP contribution in [-0.2, 0) is 11.8 Å². The van der Waals surface area contributed by atoms with Crippen LogP contribution in [0.15, 0.2) is 36.4 Å². The average Bonchev–Trinajstić information content (AvgIpc) is 2.79. The van der Waals surface area contributed by atoms with Gasteiger partial charge in [0.1, 0.15) is 0 Å². The van der Waals surface area contributed by atoms with Crippen molar-refractivity contribution >= 4 is 17.7 Å². The molecule has 0 aliphatic heterocycles. The number of nitrogens with zero attached hydrogens (tertiary/aromatic N) is 3. The summed E-state index contributed by atoms with van der Waals surface area (Å²) in [4.78, 5) is 14.0. The van der Waals surface area contributed by atoms with Gasteiger partial charge in [-0.15, -0.1) is 0 Å². The second kappa shape index (κ2) is 7.63. The van der Waals surface area contributed by atoms with Crippen molar-refractivity contribution < 1.29 is 4.79 Å². The maximum absolute atomic E-state index is 11.9. The Morgan fingerprint density at radius 1 is 1.30 bits per heavy atom. The van der Waals surface area contributed by atoms with E-state index >= 15 is 0 Å². The van der Waals surface area contributed by atoms with Crippen LogP contribution in [0, 0.1) is 13.8 Å². The zero-order valence-electron chi connectivity index (χ0n) is 14.2. The Balaban J connectivity index is 1.82. The molecule has 0 unspecified atom stereocenters. The van der Waals surface area contributed by atoms with Gasteiger partial charge in [0.25, 0.3) is 0 Å². The monoisotopic (exact) mass is 312 g/mol. The van der Waals surface area contributed by atoms with Crippen molar-refractivity contribution in [3.63, 3.8) is 0 Å². The van der Waals surface area contributed by atoms with Crippen LogP contribution < -0.4 is 10.2 Å². The molecule has 1 heterocycles. The number of hydrogen-bond donors (Lipinski definition) is 1. The van der Waals surface area contributed by atoms with E-state index < -0.39 is 0 Å². The second-order valence-electron chi connectivity index (χ2n) is 5.59. The number of nitrogens with one attached hydrogen (secondary N) is 1. The Labute approximate surface area is 137 Å². The van der Waals surface area contributed by atoms with E-state index in [9.17, 15) is 4.79 Å². The van der Waals surface area contributed by atoms with Crippen molar-refractivity contribution in [2.75, 3.05) is 25.0 Å². The standard InChI is InChI=1S/C18H24N4O/c1-14-17(15(2)22(4)20-14)10-11-18(23)19-12-13-21(3)16-8-6-5-7-9-16/h5-11H,12-13H2,1-4H3,(H,19,23)/b11-10+. The number of likely N-dealkylation sites (N-methyl/N-ethyl adjacent to an activating group) is 1. The highest BCUT2D eigenvalue weighted by Crippen LogP contribution is 2.13. The molecule has 122 valence electrons. The first-order valence-electron chi connectivity index (χ1n) is 7.71. The smallest absolute Gasteiger partial charge is 0.244 e. The molecular weight excluding hydrogens is 288 g/mol. The molecule has 0 aliphatic rings. The topological polar surface area (TPSA) is 50.2 Å². The summed E-state index contributed by atoms with van der Waals surface area (Å²) < 4.78 is 1.82. The lowest BCUT2D eigenvalue weighted by molar-refractivity contribution is -0.116. The summed E-state index contributed by atoms with van der Waals surface area (Å²) in [7, 11) is 3.92. The van der Waals surface area contributed by atoms with E-state index in [0.717, 1.165) is 29.2 Å². The van der Waals surface area contributed by atoms with Gasteiger partial charge in [0.15, 0.2) is 0 Å². The molecule has 2 aromatic rings. The van der Waals surface area contributed by atoms with Crippen LogP contribution in [0.3, 0.4) is 0 Å². The van der Waals surface area contributed by atoms with E-state index in [1.807, 2.05) is 56.9 Å². The number of para-hydroxylation sites is 1. The maximum atomic E-state index is 11.9. The molecule has 0 saturated heterocycles. The number of carbonyl (C=O) groups is 1. The Bertz CT molecular complexity index is 689. The van der Waals surface area contributed by atoms with Crippen LogP contribution in [0.2, 0.25) is 0 Å². The molecular formula is C18H24N4O. The molecule has 1 N–H and O–H groups in total. The zero-order chi connectivity index (χ0) is 16.8. The first-order valence-corrected chi connectivity index (χ1v) is 7.71. The molecule has 23 heavy (non-hydrogen) atoms. The number of hydrogen-bond acceptors (Lipinski definition) is 3. The van der Waals surface area contributed by atoms with Crippen molar-refractivity contribution in [3.05, 3.63) is 53.4 Å². The summed E-state index contributed by atoms with van der Waals surface area (Å²) in [6.07, 6.45) is 3.40. The third-order valence-corrected chi connectivity index (χ3v) is 3.91. The highest BCUT2D eigenvalue weighted by molar-refractivity contribution is 5.92. The summed E-state index contributed by atoms with van der Waals surface area (Å²) in [6, 6.07) is 10.1. The first-order chi connectivity index (χ1) is 11.0. The maximum Gasteiger partial charge on any atom is 0.244 e. The van der Waals surface area contributed by atoms with E-state index in [-0.39, 0.29) is 5.91 Å². The van der Waals surface area contributed by atoms with Gasteiger partial charge in [0.05, 0.1) is 5.69 Å². The van der Waals surface area contributed by atoms with E-state index in [1.165, 1.54) is 0 Å². The highest BCUT2D eigenvalue weighted by Gasteiger charge is 2.06. The molecule has 0 fully saturated rings. The van der Waals surface area contributed by atoms with Crippen LogP contribution in [0.1, 0.15) is 17.0 Å². The molecule has 5 heteroatoms. The van der Waals surface area contributed by atoms with Gasteiger partial charge in [-0.1, -0.05) is 18.2 Å². The SMILES string of the molecule is Cc1nn(C)c(C)c1/C=C/C(=O)NCCN(C)c1ccccc1. The molecule has 1 amide bonds. The minimum Gasteiger partial charge on any atom is -0.373 e. The van der Waals surface area contributed by atoms with Crippen LogP contribution in [-0.4, -0.2) is 35.8 Å². The van der Waals surface area contributed by atoms with Gasteiger partial charge in [-0.25, -0.2) is 0 Å². The van der Waals surface area contributed by atoms with Crippen molar-refractivity contribution in [2.45, 2.75) is 13.8 Å². The summed E-state index contributed by atoms with van der Waals surface area (Å²) in [6.45, 7) is 5.29. The fourth-order valence-corrected chi connectivity index (χ4v) is 2.41. The van der Waals surface area contributed by atoms with Crippen molar-refractivity contribution in [2.24, 2.45) is 7.05 Å². The minimum atomic E-state index is -0.0888. The molecule has 0 saturated carbocycles. The van der Waals surface area contributed by atoms with E-state index in [0.29, 0.717) is 6.54 Å². The Hall–Kier alpha value is -2.56. The molecule has 0 atom stereocenters. The molecule has 2 rings (SSSR count). The van der Waals surface area contributed by atoms with Gasteiger partial charge in [0.2, 0.25) is 5.91 Å². The summed E-state index contributed by atoms with van der Waals surface area (Å²) in [5.41, 5.74) is 4.12. The van der Waals surface area contributed by atoms with Crippen molar-refractivity contribution in [3.8, 4) is 0 Å². The Kier molecular flexibility index (Phi) is 5.57. The summed E-state index contributed by atoms with van der Waals surface area (Å²) in [5.74, 6) is -0.0888. The highest BCUT2D eigenvalue weighted by atomic mass is 16.1. The Morgan fingerprint density at radius 3 is 2.61 bits per heavy atom.